The van der Waals surface area contributed by atoms with Gasteiger partial charge in [0, 0.05) is 29.8 Å². The largest absolute Gasteiger partial charge is 0.493 e. The molecule has 0 aromatic heterocycles. The Morgan fingerprint density at radius 3 is 2.37 bits per heavy atom. The number of ether oxygens (including phenoxy) is 2. The molecule has 188 valence electrons. The summed E-state index contributed by atoms with van der Waals surface area (Å²) in [6.45, 7) is 2.62. The lowest BCUT2D eigenvalue weighted by Gasteiger charge is -2.32. The van der Waals surface area contributed by atoms with Crippen molar-refractivity contribution in [3.63, 3.8) is 0 Å². The number of nitrogens with one attached hydrogen (secondary N) is 2. The minimum absolute atomic E-state index is 0.125. The molecule has 1 aliphatic heterocycles. The molecular weight excluding hydrogens is 442 g/mol. The van der Waals surface area contributed by atoms with Crippen LogP contribution in [0.4, 0.5) is 5.69 Å². The fourth-order valence-corrected chi connectivity index (χ4v) is 5.11. The zero-order valence-electron chi connectivity index (χ0n) is 20.8. The highest BCUT2D eigenvalue weighted by Crippen LogP contribution is 2.28. The van der Waals surface area contributed by atoms with Gasteiger partial charge in [-0.3, -0.25) is 14.5 Å². The van der Waals surface area contributed by atoms with Gasteiger partial charge in [-0.25, -0.2) is 0 Å². The second-order valence-electron chi connectivity index (χ2n) is 9.62. The Bertz CT molecular complexity index is 1010. The zero-order valence-corrected chi connectivity index (χ0v) is 20.8. The van der Waals surface area contributed by atoms with Crippen LogP contribution in [0.1, 0.15) is 60.9 Å². The Balaban J connectivity index is 1.28. The van der Waals surface area contributed by atoms with Crippen molar-refractivity contribution in [3.05, 3.63) is 53.6 Å². The molecule has 4 rings (SSSR count). The quantitative estimate of drug-likeness (QED) is 0.578. The summed E-state index contributed by atoms with van der Waals surface area (Å²) in [5.41, 5.74) is 2.39. The van der Waals surface area contributed by atoms with Crippen LogP contribution in [-0.4, -0.2) is 50.1 Å². The van der Waals surface area contributed by atoms with Crippen molar-refractivity contribution < 1.29 is 19.1 Å². The van der Waals surface area contributed by atoms with Gasteiger partial charge in [-0.2, -0.15) is 0 Å². The number of amides is 2. The van der Waals surface area contributed by atoms with E-state index in [1.54, 1.807) is 32.4 Å². The van der Waals surface area contributed by atoms with Gasteiger partial charge in [-0.05, 0) is 74.7 Å². The zero-order chi connectivity index (χ0) is 24.6. The van der Waals surface area contributed by atoms with E-state index in [1.165, 1.54) is 19.3 Å². The Morgan fingerprint density at radius 2 is 1.66 bits per heavy atom. The summed E-state index contributed by atoms with van der Waals surface area (Å²) in [4.78, 5) is 27.8. The van der Waals surface area contributed by atoms with Crippen LogP contribution < -0.4 is 20.1 Å². The van der Waals surface area contributed by atoms with E-state index in [2.05, 4.69) is 21.6 Å². The highest BCUT2D eigenvalue weighted by atomic mass is 16.5. The van der Waals surface area contributed by atoms with Crippen molar-refractivity contribution in [1.29, 1.82) is 0 Å². The second-order valence-corrected chi connectivity index (χ2v) is 9.62. The minimum Gasteiger partial charge on any atom is -0.493 e. The van der Waals surface area contributed by atoms with E-state index in [4.69, 9.17) is 9.47 Å². The Hall–Kier alpha value is -3.06. The number of rotatable bonds is 8. The fraction of sp³-hybridized carbons (Fsp3) is 0.500. The lowest BCUT2D eigenvalue weighted by Crippen LogP contribution is -2.44. The molecule has 7 heteroatoms. The van der Waals surface area contributed by atoms with E-state index in [-0.39, 0.29) is 17.7 Å². The number of carbonyl (C=O) groups excluding carboxylic acids is 2. The lowest BCUT2D eigenvalue weighted by atomic mass is 9.92. The first-order chi connectivity index (χ1) is 17.1. The van der Waals surface area contributed by atoms with Gasteiger partial charge in [0.15, 0.2) is 11.5 Å². The van der Waals surface area contributed by atoms with E-state index >= 15 is 0 Å². The number of likely N-dealkylation sites (tertiary alicyclic amines) is 1. The number of benzene rings is 2. The van der Waals surface area contributed by atoms with Crippen LogP contribution in [0.25, 0.3) is 0 Å². The van der Waals surface area contributed by atoms with Gasteiger partial charge >= 0.3 is 0 Å². The van der Waals surface area contributed by atoms with Crippen molar-refractivity contribution in [1.82, 2.24) is 10.2 Å². The van der Waals surface area contributed by atoms with Crippen LogP contribution in [0.3, 0.4) is 0 Å². The summed E-state index contributed by atoms with van der Waals surface area (Å²) in [5.74, 6) is 1.27. The predicted molar refractivity (Wildman–Crippen MR) is 137 cm³/mol. The van der Waals surface area contributed by atoms with Gasteiger partial charge in [0.1, 0.15) is 0 Å². The molecule has 2 N–H and O–H groups in total. The molecule has 35 heavy (non-hydrogen) atoms. The summed E-state index contributed by atoms with van der Waals surface area (Å²) < 4.78 is 10.6. The van der Waals surface area contributed by atoms with Gasteiger partial charge in [-0.1, -0.05) is 31.4 Å². The number of hydrogen-bond acceptors (Lipinski definition) is 5. The molecule has 2 aromatic carbocycles. The van der Waals surface area contributed by atoms with Gasteiger partial charge in [0.2, 0.25) is 5.91 Å². The maximum atomic E-state index is 12.8. The molecule has 0 spiro atoms. The van der Waals surface area contributed by atoms with Crippen molar-refractivity contribution in [2.45, 2.75) is 57.5 Å². The molecule has 1 saturated heterocycles. The lowest BCUT2D eigenvalue weighted by molar-refractivity contribution is -0.127. The molecule has 0 radical (unpaired) electrons. The second kappa shape index (κ2) is 12.1. The molecule has 0 atom stereocenters. The first-order valence-corrected chi connectivity index (χ1v) is 12.7. The molecule has 2 aromatic rings. The topological polar surface area (TPSA) is 79.9 Å². The molecular formula is C28H37N3O4. The molecule has 2 aliphatic rings. The monoisotopic (exact) mass is 479 g/mol. The summed E-state index contributed by atoms with van der Waals surface area (Å²) in [7, 11) is 3.12. The van der Waals surface area contributed by atoms with Crippen molar-refractivity contribution in [2.24, 2.45) is 5.92 Å². The summed E-state index contributed by atoms with van der Waals surface area (Å²) in [6.07, 6.45) is 7.82. The average Bonchev–Trinajstić information content (AvgIpc) is 2.89. The van der Waals surface area contributed by atoms with Gasteiger partial charge in [0.05, 0.1) is 14.2 Å². The highest BCUT2D eigenvalue weighted by molar-refractivity contribution is 6.04. The predicted octanol–water partition coefficient (Wildman–Crippen LogP) is 4.62. The molecule has 1 aliphatic carbocycles. The van der Waals surface area contributed by atoms with Crippen molar-refractivity contribution in [2.75, 3.05) is 32.6 Å². The molecule has 7 nitrogen and oxygen atoms in total. The SMILES string of the molecule is COc1ccc(C(=O)Nc2cccc(CN3CCC(C(=O)NC4CCCCC4)CC3)c2)cc1OC. The van der Waals surface area contributed by atoms with Crippen LogP contribution in [0.15, 0.2) is 42.5 Å². The third kappa shape index (κ3) is 6.75. The van der Waals surface area contributed by atoms with Gasteiger partial charge < -0.3 is 20.1 Å². The number of piperidine rings is 1. The first-order valence-electron chi connectivity index (χ1n) is 12.7. The molecule has 0 bridgehead atoms. The Labute approximate surface area is 208 Å². The van der Waals surface area contributed by atoms with Crippen LogP contribution >= 0.6 is 0 Å². The van der Waals surface area contributed by atoms with E-state index in [9.17, 15) is 9.59 Å². The minimum atomic E-state index is -0.201. The van der Waals surface area contributed by atoms with Crippen molar-refractivity contribution in [3.8, 4) is 11.5 Å². The number of carbonyl (C=O) groups is 2. The number of nitrogens with zero attached hydrogens (tertiary/aromatic N) is 1. The maximum Gasteiger partial charge on any atom is 0.255 e. The Morgan fingerprint density at radius 1 is 0.914 bits per heavy atom. The number of hydrogen-bond donors (Lipinski definition) is 2. The normalized spacial score (nSPS) is 17.5. The highest BCUT2D eigenvalue weighted by Gasteiger charge is 2.27. The third-order valence-corrected chi connectivity index (χ3v) is 7.15. The number of anilines is 1. The first kappa shape index (κ1) is 25.0. The Kier molecular flexibility index (Phi) is 8.64. The van der Waals surface area contributed by atoms with E-state index in [0.29, 0.717) is 23.1 Å². The molecule has 1 heterocycles. The van der Waals surface area contributed by atoms with Gasteiger partial charge in [0.25, 0.3) is 5.91 Å². The average molecular weight is 480 g/mol. The standard InChI is InChI=1S/C28H37N3O4/c1-34-25-12-11-22(18-26(25)35-2)28(33)30-24-10-6-7-20(17-24)19-31-15-13-21(14-16-31)27(32)29-23-8-4-3-5-9-23/h6-7,10-12,17-18,21,23H,3-5,8-9,13-16,19H2,1-2H3,(H,29,32)(H,30,33). The van der Waals surface area contributed by atoms with E-state index in [1.807, 2.05) is 18.2 Å². The summed E-state index contributed by atoms with van der Waals surface area (Å²) in [5, 5.41) is 6.27. The molecule has 2 amide bonds. The van der Waals surface area contributed by atoms with Crippen molar-refractivity contribution >= 4 is 17.5 Å². The van der Waals surface area contributed by atoms with Crippen LogP contribution in [0, 0.1) is 5.92 Å². The maximum absolute atomic E-state index is 12.8. The fourth-order valence-electron chi connectivity index (χ4n) is 5.11. The smallest absolute Gasteiger partial charge is 0.255 e. The van der Waals surface area contributed by atoms with E-state index in [0.717, 1.165) is 56.6 Å². The van der Waals surface area contributed by atoms with Crippen LogP contribution in [0.5, 0.6) is 11.5 Å². The van der Waals surface area contributed by atoms with Gasteiger partial charge in [-0.15, -0.1) is 0 Å². The summed E-state index contributed by atoms with van der Waals surface area (Å²) >= 11 is 0. The number of methoxy groups -OCH3 is 2. The van der Waals surface area contributed by atoms with Crippen LogP contribution in [-0.2, 0) is 11.3 Å². The summed E-state index contributed by atoms with van der Waals surface area (Å²) in [6, 6.07) is 13.4. The molecule has 0 unspecified atom stereocenters. The molecule has 2 fully saturated rings. The third-order valence-electron chi connectivity index (χ3n) is 7.15. The van der Waals surface area contributed by atoms with E-state index < -0.39 is 0 Å². The van der Waals surface area contributed by atoms with Crippen LogP contribution in [0.2, 0.25) is 0 Å². The molecule has 1 saturated carbocycles.